The second-order valence-electron chi connectivity index (χ2n) is 6.83. The predicted molar refractivity (Wildman–Crippen MR) is 92.7 cm³/mol. The van der Waals surface area contributed by atoms with Crippen LogP contribution in [-0.2, 0) is 9.84 Å². The van der Waals surface area contributed by atoms with E-state index in [1.807, 2.05) is 19.1 Å². The summed E-state index contributed by atoms with van der Waals surface area (Å²) in [7, 11) is -2.81. The number of nitrogens with zero attached hydrogens (tertiary/aromatic N) is 2. The third kappa shape index (κ3) is 4.33. The van der Waals surface area contributed by atoms with Crippen molar-refractivity contribution in [3.05, 3.63) is 29.6 Å². The van der Waals surface area contributed by atoms with Crippen LogP contribution in [0.15, 0.2) is 18.2 Å². The summed E-state index contributed by atoms with van der Waals surface area (Å²) >= 11 is 0. The molecule has 1 aromatic rings. The van der Waals surface area contributed by atoms with Crippen molar-refractivity contribution in [2.75, 3.05) is 24.6 Å². The number of amides is 1. The largest absolute Gasteiger partial charge is 0.348 e. The maximum atomic E-state index is 12.3. The highest BCUT2D eigenvalue weighted by Crippen LogP contribution is 2.22. The van der Waals surface area contributed by atoms with Crippen molar-refractivity contribution >= 4 is 15.7 Å². The normalized spacial score (nSPS) is 23.0. The van der Waals surface area contributed by atoms with E-state index in [1.165, 1.54) is 0 Å². The van der Waals surface area contributed by atoms with Gasteiger partial charge in [0.2, 0.25) is 0 Å². The fraction of sp³-hybridized carbons (Fsp3) is 0.647. The Balaban J connectivity index is 1.48. The first-order chi connectivity index (χ1) is 11.4. The number of pyridine rings is 1. The molecule has 6 nitrogen and oxygen atoms in total. The average molecular weight is 351 g/mol. The van der Waals surface area contributed by atoms with Gasteiger partial charge in [-0.1, -0.05) is 6.07 Å². The molecule has 1 aromatic heterocycles. The van der Waals surface area contributed by atoms with E-state index >= 15 is 0 Å². The lowest BCUT2D eigenvalue weighted by Gasteiger charge is -2.39. The molecule has 0 aliphatic carbocycles. The topological polar surface area (TPSA) is 79.4 Å². The third-order valence-corrected chi connectivity index (χ3v) is 6.74. The molecule has 2 saturated heterocycles. The van der Waals surface area contributed by atoms with Gasteiger partial charge in [0.1, 0.15) is 15.5 Å². The van der Waals surface area contributed by atoms with Gasteiger partial charge in [-0.05, 0) is 44.7 Å². The van der Waals surface area contributed by atoms with Crippen LogP contribution in [0.4, 0.5) is 0 Å². The Hall–Kier alpha value is -1.47. The molecule has 0 aromatic carbocycles. The van der Waals surface area contributed by atoms with Crippen LogP contribution in [-0.4, -0.2) is 60.9 Å². The van der Waals surface area contributed by atoms with E-state index in [0.717, 1.165) is 44.5 Å². The van der Waals surface area contributed by atoms with Crippen LogP contribution in [0.1, 0.15) is 41.9 Å². The minimum Gasteiger partial charge on any atom is -0.348 e. The quantitative estimate of drug-likeness (QED) is 0.884. The van der Waals surface area contributed by atoms with Crippen LogP contribution in [0.3, 0.4) is 0 Å². The molecule has 0 spiro atoms. The van der Waals surface area contributed by atoms with E-state index in [0.29, 0.717) is 23.2 Å². The molecule has 1 N–H and O–H groups in total. The van der Waals surface area contributed by atoms with Crippen LogP contribution >= 0.6 is 0 Å². The first-order valence-electron chi connectivity index (χ1n) is 8.62. The number of hydrogen-bond acceptors (Lipinski definition) is 5. The number of aromatic nitrogens is 1. The molecule has 2 aliphatic heterocycles. The molecular weight excluding hydrogens is 326 g/mol. The fourth-order valence-electron chi connectivity index (χ4n) is 3.58. The van der Waals surface area contributed by atoms with Gasteiger partial charge < -0.3 is 10.2 Å². The van der Waals surface area contributed by atoms with E-state index in [-0.39, 0.29) is 11.9 Å². The molecule has 0 atom stereocenters. The van der Waals surface area contributed by atoms with Crippen molar-refractivity contribution in [1.82, 2.24) is 15.2 Å². The smallest absolute Gasteiger partial charge is 0.270 e. The Labute approximate surface area is 143 Å². The van der Waals surface area contributed by atoms with E-state index in [9.17, 15) is 13.2 Å². The summed E-state index contributed by atoms with van der Waals surface area (Å²) in [5, 5.41) is 3.07. The molecule has 0 unspecified atom stereocenters. The van der Waals surface area contributed by atoms with E-state index in [2.05, 4.69) is 15.2 Å². The van der Waals surface area contributed by atoms with Gasteiger partial charge in [0.15, 0.2) is 0 Å². The summed E-state index contributed by atoms with van der Waals surface area (Å²) < 4.78 is 23.1. The van der Waals surface area contributed by atoms with E-state index < -0.39 is 9.84 Å². The standard InChI is InChI=1S/C17H25N3O3S/c1-13-3-2-4-16(18-13)17(21)19-14-5-9-20(10-6-14)15-7-11-24(22,23)12-8-15/h2-4,14-15H,5-12H2,1H3,(H,19,21). The first kappa shape index (κ1) is 17.4. The molecule has 3 heterocycles. The summed E-state index contributed by atoms with van der Waals surface area (Å²) in [5.41, 5.74) is 1.31. The van der Waals surface area contributed by atoms with Gasteiger partial charge in [-0.25, -0.2) is 13.4 Å². The number of carbonyl (C=O) groups is 1. The van der Waals surface area contributed by atoms with Gasteiger partial charge in [-0.3, -0.25) is 4.79 Å². The number of hydrogen-bond donors (Lipinski definition) is 1. The van der Waals surface area contributed by atoms with Crippen LogP contribution < -0.4 is 5.32 Å². The molecule has 24 heavy (non-hydrogen) atoms. The molecule has 7 heteroatoms. The van der Waals surface area contributed by atoms with E-state index in [1.54, 1.807) is 6.07 Å². The molecule has 132 valence electrons. The Bertz CT molecular complexity index is 683. The number of aryl methyl sites for hydroxylation is 1. The number of sulfone groups is 1. The van der Waals surface area contributed by atoms with Gasteiger partial charge >= 0.3 is 0 Å². The Morgan fingerprint density at radius 1 is 1.17 bits per heavy atom. The zero-order valence-corrected chi connectivity index (χ0v) is 14.9. The Morgan fingerprint density at radius 2 is 1.83 bits per heavy atom. The van der Waals surface area contributed by atoms with Crippen LogP contribution in [0.2, 0.25) is 0 Å². The molecule has 1 amide bonds. The number of likely N-dealkylation sites (tertiary alicyclic amines) is 1. The summed E-state index contributed by atoms with van der Waals surface area (Å²) in [6, 6.07) is 6.00. The Kier molecular flexibility index (Phi) is 5.20. The van der Waals surface area contributed by atoms with Crippen molar-refractivity contribution in [2.24, 2.45) is 0 Å². The molecule has 2 fully saturated rings. The Morgan fingerprint density at radius 3 is 2.46 bits per heavy atom. The highest BCUT2D eigenvalue weighted by molar-refractivity contribution is 7.91. The maximum Gasteiger partial charge on any atom is 0.270 e. The second kappa shape index (κ2) is 7.19. The minimum absolute atomic E-state index is 0.110. The SMILES string of the molecule is Cc1cccc(C(=O)NC2CCN(C3CCS(=O)(=O)CC3)CC2)n1. The minimum atomic E-state index is -2.81. The lowest BCUT2D eigenvalue weighted by Crippen LogP contribution is -2.49. The molecule has 0 saturated carbocycles. The van der Waals surface area contributed by atoms with Crippen molar-refractivity contribution in [1.29, 1.82) is 0 Å². The van der Waals surface area contributed by atoms with Crippen molar-refractivity contribution < 1.29 is 13.2 Å². The number of nitrogens with one attached hydrogen (secondary N) is 1. The van der Waals surface area contributed by atoms with Gasteiger partial charge in [-0.15, -0.1) is 0 Å². The van der Waals surface area contributed by atoms with Crippen LogP contribution in [0.5, 0.6) is 0 Å². The molecule has 2 aliphatic rings. The van der Waals surface area contributed by atoms with Crippen LogP contribution in [0.25, 0.3) is 0 Å². The molecule has 0 bridgehead atoms. The zero-order chi connectivity index (χ0) is 17.2. The van der Waals surface area contributed by atoms with Crippen LogP contribution in [0, 0.1) is 6.92 Å². The van der Waals surface area contributed by atoms with Gasteiger partial charge in [0.25, 0.3) is 5.91 Å². The molecule has 0 radical (unpaired) electrons. The zero-order valence-electron chi connectivity index (χ0n) is 14.1. The molecular formula is C17H25N3O3S. The second-order valence-corrected chi connectivity index (χ2v) is 9.13. The lowest BCUT2D eigenvalue weighted by atomic mass is 10.0. The fourth-order valence-corrected chi connectivity index (χ4v) is 5.05. The van der Waals surface area contributed by atoms with Crippen molar-refractivity contribution in [3.63, 3.8) is 0 Å². The number of carbonyl (C=O) groups excluding carboxylic acids is 1. The summed E-state index contributed by atoms with van der Waals surface area (Å²) in [6.07, 6.45) is 3.29. The number of piperidine rings is 1. The van der Waals surface area contributed by atoms with E-state index in [4.69, 9.17) is 0 Å². The lowest BCUT2D eigenvalue weighted by molar-refractivity contribution is 0.0880. The van der Waals surface area contributed by atoms with Crippen molar-refractivity contribution in [2.45, 2.75) is 44.7 Å². The maximum absolute atomic E-state index is 12.3. The van der Waals surface area contributed by atoms with Gasteiger partial charge in [0, 0.05) is 30.9 Å². The monoisotopic (exact) mass is 351 g/mol. The van der Waals surface area contributed by atoms with Crippen molar-refractivity contribution in [3.8, 4) is 0 Å². The number of rotatable bonds is 3. The summed E-state index contributed by atoms with van der Waals surface area (Å²) in [5.74, 6) is 0.515. The molecule has 3 rings (SSSR count). The predicted octanol–water partition coefficient (Wildman–Crippen LogP) is 1.16. The summed E-state index contributed by atoms with van der Waals surface area (Å²) in [6.45, 7) is 3.70. The highest BCUT2D eigenvalue weighted by Gasteiger charge is 2.30. The first-order valence-corrected chi connectivity index (χ1v) is 10.4. The highest BCUT2D eigenvalue weighted by atomic mass is 32.2. The summed E-state index contributed by atoms with van der Waals surface area (Å²) in [4.78, 5) is 18.9. The third-order valence-electron chi connectivity index (χ3n) is 5.03. The average Bonchev–Trinajstić information content (AvgIpc) is 2.56. The van der Waals surface area contributed by atoms with Gasteiger partial charge in [0.05, 0.1) is 11.5 Å². The van der Waals surface area contributed by atoms with Gasteiger partial charge in [-0.2, -0.15) is 0 Å².